The SMILES string of the molecule is Cc1cccc(OCC(O)CNC(C)(C)C)c1OCC(O)CNC(C)(C)C. The van der Waals surface area contributed by atoms with Crippen molar-refractivity contribution in [2.24, 2.45) is 0 Å². The molecule has 1 aromatic carbocycles. The molecule has 0 bridgehead atoms. The van der Waals surface area contributed by atoms with E-state index < -0.39 is 12.2 Å². The highest BCUT2D eigenvalue weighted by molar-refractivity contribution is 5.45. The summed E-state index contributed by atoms with van der Waals surface area (Å²) in [6, 6.07) is 5.63. The van der Waals surface area contributed by atoms with Gasteiger partial charge in [0.1, 0.15) is 25.4 Å². The van der Waals surface area contributed by atoms with Gasteiger partial charge in [-0.2, -0.15) is 0 Å². The largest absolute Gasteiger partial charge is 0.487 e. The van der Waals surface area contributed by atoms with Crippen LogP contribution in [-0.4, -0.2) is 59.8 Å². The molecule has 0 aliphatic rings. The molecule has 1 rings (SSSR count). The molecule has 156 valence electrons. The highest BCUT2D eigenvalue weighted by atomic mass is 16.5. The molecule has 0 radical (unpaired) electrons. The lowest BCUT2D eigenvalue weighted by Gasteiger charge is -2.24. The molecule has 27 heavy (non-hydrogen) atoms. The van der Waals surface area contributed by atoms with E-state index in [1.807, 2.05) is 66.7 Å². The van der Waals surface area contributed by atoms with Crippen molar-refractivity contribution in [3.05, 3.63) is 23.8 Å². The Morgan fingerprint density at radius 2 is 1.33 bits per heavy atom. The summed E-state index contributed by atoms with van der Waals surface area (Å²) >= 11 is 0. The minimum absolute atomic E-state index is 0.0597. The summed E-state index contributed by atoms with van der Waals surface area (Å²) < 4.78 is 11.6. The third kappa shape index (κ3) is 10.5. The third-order valence-electron chi connectivity index (χ3n) is 3.76. The standard InChI is InChI=1S/C21H38N2O4/c1-15-9-8-10-18(26-13-16(24)11-22-20(2,3)4)19(15)27-14-17(25)12-23-21(5,6)7/h8-10,16-17,22-25H,11-14H2,1-7H3. The lowest BCUT2D eigenvalue weighted by Crippen LogP contribution is -2.42. The van der Waals surface area contributed by atoms with Crippen molar-refractivity contribution in [1.82, 2.24) is 10.6 Å². The number of β-amino-alcohol motifs (C(OH)–C–C–N with tert-alkyl or cyclic N) is 2. The van der Waals surface area contributed by atoms with Crippen LogP contribution in [-0.2, 0) is 0 Å². The van der Waals surface area contributed by atoms with E-state index in [9.17, 15) is 10.2 Å². The van der Waals surface area contributed by atoms with Crippen molar-refractivity contribution in [3.8, 4) is 11.5 Å². The summed E-state index contributed by atoms with van der Waals surface area (Å²) in [6.07, 6.45) is -1.25. The van der Waals surface area contributed by atoms with E-state index in [-0.39, 0.29) is 24.3 Å². The smallest absolute Gasteiger partial charge is 0.164 e. The Hall–Kier alpha value is -1.34. The first kappa shape index (κ1) is 23.7. The Balaban J connectivity index is 2.58. The van der Waals surface area contributed by atoms with Crippen LogP contribution in [0.5, 0.6) is 11.5 Å². The molecule has 0 spiro atoms. The molecule has 2 unspecified atom stereocenters. The molecule has 0 saturated carbocycles. The highest BCUT2D eigenvalue weighted by Crippen LogP contribution is 2.31. The van der Waals surface area contributed by atoms with Gasteiger partial charge in [0.05, 0.1) is 0 Å². The van der Waals surface area contributed by atoms with E-state index in [0.29, 0.717) is 24.6 Å². The molecule has 1 aromatic rings. The van der Waals surface area contributed by atoms with Gasteiger partial charge in [-0.05, 0) is 60.1 Å². The molecule has 0 saturated heterocycles. The van der Waals surface area contributed by atoms with Crippen molar-refractivity contribution >= 4 is 0 Å². The van der Waals surface area contributed by atoms with E-state index in [4.69, 9.17) is 9.47 Å². The number of nitrogens with one attached hydrogen (secondary N) is 2. The van der Waals surface area contributed by atoms with Crippen molar-refractivity contribution in [2.45, 2.75) is 71.8 Å². The second-order valence-electron chi connectivity index (χ2n) is 9.09. The molecule has 0 aliphatic heterocycles. The molecule has 0 aromatic heterocycles. The maximum atomic E-state index is 10.1. The maximum absolute atomic E-state index is 10.1. The number of ether oxygens (including phenoxy) is 2. The van der Waals surface area contributed by atoms with Gasteiger partial charge in [-0.3, -0.25) is 0 Å². The van der Waals surface area contributed by atoms with Crippen LogP contribution in [0.25, 0.3) is 0 Å². The van der Waals surface area contributed by atoms with Gasteiger partial charge in [-0.1, -0.05) is 12.1 Å². The Morgan fingerprint density at radius 1 is 0.852 bits per heavy atom. The normalized spacial score (nSPS) is 14.7. The van der Waals surface area contributed by atoms with Gasteiger partial charge >= 0.3 is 0 Å². The summed E-state index contributed by atoms with van der Waals surface area (Å²) in [7, 11) is 0. The molecule has 6 nitrogen and oxygen atoms in total. The zero-order chi connectivity index (χ0) is 20.7. The van der Waals surface area contributed by atoms with Crippen LogP contribution < -0.4 is 20.1 Å². The summed E-state index contributed by atoms with van der Waals surface area (Å²) in [6.45, 7) is 15.4. The Bertz CT molecular complexity index is 564. The fourth-order valence-electron chi connectivity index (χ4n) is 2.26. The number of benzene rings is 1. The quantitative estimate of drug-likeness (QED) is 0.497. The van der Waals surface area contributed by atoms with Gasteiger partial charge < -0.3 is 30.3 Å². The van der Waals surface area contributed by atoms with Gasteiger partial charge in [-0.25, -0.2) is 0 Å². The number of para-hydroxylation sites is 1. The Labute approximate surface area is 164 Å². The first-order valence-corrected chi connectivity index (χ1v) is 9.59. The van der Waals surface area contributed by atoms with Crippen LogP contribution in [0.4, 0.5) is 0 Å². The summed E-state index contributed by atoms with van der Waals surface area (Å²) in [4.78, 5) is 0. The van der Waals surface area contributed by atoms with Crippen LogP contribution in [0, 0.1) is 6.92 Å². The van der Waals surface area contributed by atoms with Crippen LogP contribution in [0.2, 0.25) is 0 Å². The minimum Gasteiger partial charge on any atom is -0.487 e. The first-order valence-electron chi connectivity index (χ1n) is 9.59. The summed E-state index contributed by atoms with van der Waals surface area (Å²) in [5, 5.41) is 26.8. The second kappa shape index (κ2) is 10.3. The molecule has 6 heteroatoms. The van der Waals surface area contributed by atoms with Gasteiger partial charge in [-0.15, -0.1) is 0 Å². The molecule has 4 N–H and O–H groups in total. The fraction of sp³-hybridized carbons (Fsp3) is 0.714. The number of hydrogen-bond donors (Lipinski definition) is 4. The van der Waals surface area contributed by atoms with Crippen LogP contribution >= 0.6 is 0 Å². The first-order chi connectivity index (χ1) is 12.4. The van der Waals surface area contributed by atoms with Gasteiger partial charge in [0.25, 0.3) is 0 Å². The lowest BCUT2D eigenvalue weighted by atomic mass is 10.1. The molecule has 0 heterocycles. The summed E-state index contributed by atoms with van der Waals surface area (Å²) in [5.74, 6) is 1.17. The third-order valence-corrected chi connectivity index (χ3v) is 3.76. The fourth-order valence-corrected chi connectivity index (χ4v) is 2.26. The zero-order valence-electron chi connectivity index (χ0n) is 17.9. The predicted octanol–water partition coefficient (Wildman–Crippen LogP) is 2.25. The van der Waals surface area contributed by atoms with E-state index >= 15 is 0 Å². The number of rotatable bonds is 10. The zero-order valence-corrected chi connectivity index (χ0v) is 17.9. The molecular formula is C21H38N2O4. The van der Waals surface area contributed by atoms with Crippen molar-refractivity contribution in [3.63, 3.8) is 0 Å². The van der Waals surface area contributed by atoms with E-state index in [0.717, 1.165) is 5.56 Å². The number of hydrogen-bond acceptors (Lipinski definition) is 6. The van der Waals surface area contributed by atoms with E-state index in [1.165, 1.54) is 0 Å². The highest BCUT2D eigenvalue weighted by Gasteiger charge is 2.16. The number of aliphatic hydroxyl groups excluding tert-OH is 2. The monoisotopic (exact) mass is 382 g/mol. The van der Waals surface area contributed by atoms with Crippen molar-refractivity contribution in [2.75, 3.05) is 26.3 Å². The molecule has 2 atom stereocenters. The minimum atomic E-state index is -0.627. The molecule has 0 aliphatic carbocycles. The van der Waals surface area contributed by atoms with Gasteiger partial charge in [0, 0.05) is 24.2 Å². The average molecular weight is 383 g/mol. The Kier molecular flexibility index (Phi) is 9.02. The maximum Gasteiger partial charge on any atom is 0.164 e. The number of aryl methyl sites for hydroxylation is 1. The summed E-state index contributed by atoms with van der Waals surface area (Å²) in [5.41, 5.74) is 0.802. The average Bonchev–Trinajstić information content (AvgIpc) is 2.54. The molecule has 0 fully saturated rings. The molecular weight excluding hydrogens is 344 g/mol. The van der Waals surface area contributed by atoms with Crippen molar-refractivity contribution < 1.29 is 19.7 Å². The lowest BCUT2D eigenvalue weighted by molar-refractivity contribution is 0.0868. The number of aliphatic hydroxyl groups is 2. The van der Waals surface area contributed by atoms with Crippen LogP contribution in [0.1, 0.15) is 47.1 Å². The van der Waals surface area contributed by atoms with Gasteiger partial charge in [0.15, 0.2) is 11.5 Å². The van der Waals surface area contributed by atoms with Crippen LogP contribution in [0.15, 0.2) is 18.2 Å². The van der Waals surface area contributed by atoms with Crippen molar-refractivity contribution in [1.29, 1.82) is 0 Å². The van der Waals surface area contributed by atoms with Gasteiger partial charge in [0.2, 0.25) is 0 Å². The van der Waals surface area contributed by atoms with Crippen LogP contribution in [0.3, 0.4) is 0 Å². The van der Waals surface area contributed by atoms with E-state index in [1.54, 1.807) is 0 Å². The molecule has 0 amide bonds. The topological polar surface area (TPSA) is 83.0 Å². The second-order valence-corrected chi connectivity index (χ2v) is 9.09. The predicted molar refractivity (Wildman–Crippen MR) is 110 cm³/mol. The Morgan fingerprint density at radius 3 is 1.81 bits per heavy atom. The van der Waals surface area contributed by atoms with E-state index in [2.05, 4.69) is 10.6 Å².